The van der Waals surface area contributed by atoms with Crippen molar-refractivity contribution in [3.63, 3.8) is 0 Å². The minimum Gasteiger partial charge on any atom is -0.350 e. The summed E-state index contributed by atoms with van der Waals surface area (Å²) in [4.78, 5) is 10.4. The Hall–Kier alpha value is -1.88. The summed E-state index contributed by atoms with van der Waals surface area (Å²) in [5.41, 5.74) is 9.12. The Bertz CT molecular complexity index is 389. The van der Waals surface area contributed by atoms with Crippen molar-refractivity contribution >= 4 is 17.9 Å². The number of quaternary nitrogens is 1. The summed E-state index contributed by atoms with van der Waals surface area (Å²) in [5.74, 6) is 0. The molecular weight excluding hydrogens is 204 g/mol. The van der Waals surface area contributed by atoms with E-state index in [2.05, 4.69) is 31.7 Å². The highest BCUT2D eigenvalue weighted by atomic mass is 16.2. The number of nitrogens with two attached hydrogens (primary N) is 1. The number of hydrogen-bond donors (Lipinski definition) is 2. The van der Waals surface area contributed by atoms with E-state index in [1.807, 2.05) is 24.3 Å². The highest BCUT2D eigenvalue weighted by Gasteiger charge is 2.10. The number of carbonyl (C=O) groups is 1. The van der Waals surface area contributed by atoms with Crippen LogP contribution in [0.15, 0.2) is 29.4 Å². The van der Waals surface area contributed by atoms with Crippen molar-refractivity contribution in [1.82, 2.24) is 9.91 Å². The van der Waals surface area contributed by atoms with Gasteiger partial charge in [-0.2, -0.15) is 5.10 Å². The van der Waals surface area contributed by atoms with Gasteiger partial charge in [-0.25, -0.2) is 10.2 Å². The first kappa shape index (κ1) is 12.2. The third-order valence-electron chi connectivity index (χ3n) is 2.06. The summed E-state index contributed by atoms with van der Waals surface area (Å²) in [5, 5.41) is 3.68. The molecule has 0 aliphatic rings. The molecule has 0 unspecified atom stereocenters. The van der Waals surface area contributed by atoms with Crippen molar-refractivity contribution in [3.05, 3.63) is 29.8 Å². The van der Waals surface area contributed by atoms with E-state index in [4.69, 9.17) is 5.73 Å². The van der Waals surface area contributed by atoms with Gasteiger partial charge in [0.15, 0.2) is 0 Å². The second kappa shape index (κ2) is 4.76. The van der Waals surface area contributed by atoms with Crippen LogP contribution in [0.3, 0.4) is 0 Å². The van der Waals surface area contributed by atoms with Gasteiger partial charge in [0.1, 0.15) is 5.69 Å². The van der Waals surface area contributed by atoms with Crippen LogP contribution in [0, 0.1) is 0 Å². The quantitative estimate of drug-likeness (QED) is 0.444. The number of urea groups is 1. The molecule has 0 spiro atoms. The maximum Gasteiger partial charge on any atom is 0.332 e. The number of hydrazone groups is 1. The molecule has 5 nitrogen and oxygen atoms in total. The van der Waals surface area contributed by atoms with Crippen molar-refractivity contribution in [2.45, 2.75) is 0 Å². The molecule has 0 aromatic heterocycles. The summed E-state index contributed by atoms with van der Waals surface area (Å²) in [7, 11) is 6.28. The van der Waals surface area contributed by atoms with E-state index >= 15 is 0 Å². The van der Waals surface area contributed by atoms with Crippen LogP contribution in [-0.4, -0.2) is 33.4 Å². The van der Waals surface area contributed by atoms with Crippen LogP contribution >= 0.6 is 0 Å². The first-order chi connectivity index (χ1) is 7.39. The zero-order valence-electron chi connectivity index (χ0n) is 9.77. The fourth-order valence-corrected chi connectivity index (χ4v) is 1.18. The molecule has 16 heavy (non-hydrogen) atoms. The van der Waals surface area contributed by atoms with Crippen molar-refractivity contribution in [2.75, 3.05) is 21.1 Å². The lowest BCUT2D eigenvalue weighted by atomic mass is 10.2. The molecule has 1 rings (SSSR count). The molecule has 1 aromatic carbocycles. The number of hydrogen-bond acceptors (Lipinski definition) is 2. The average Bonchev–Trinajstić information content (AvgIpc) is 2.16. The lowest BCUT2D eigenvalue weighted by molar-refractivity contribution is 0.249. The smallest absolute Gasteiger partial charge is 0.332 e. The largest absolute Gasteiger partial charge is 0.350 e. The Kier molecular flexibility index (Phi) is 3.63. The van der Waals surface area contributed by atoms with E-state index < -0.39 is 6.03 Å². The van der Waals surface area contributed by atoms with E-state index in [1.54, 1.807) is 6.21 Å². The van der Waals surface area contributed by atoms with Crippen LogP contribution in [-0.2, 0) is 0 Å². The van der Waals surface area contributed by atoms with Gasteiger partial charge in [-0.3, -0.25) is 4.48 Å². The summed E-state index contributed by atoms with van der Waals surface area (Å²) < 4.78 is 0.761. The average molecular weight is 221 g/mol. The lowest BCUT2D eigenvalue weighted by Crippen LogP contribution is -2.34. The van der Waals surface area contributed by atoms with Crippen molar-refractivity contribution in [1.29, 1.82) is 0 Å². The lowest BCUT2D eigenvalue weighted by Gasteiger charge is -2.23. The summed E-state index contributed by atoms with van der Waals surface area (Å²) in [6, 6.07) is 7.24. The van der Waals surface area contributed by atoms with Gasteiger partial charge >= 0.3 is 6.03 Å². The fourth-order valence-electron chi connectivity index (χ4n) is 1.18. The number of amides is 2. The van der Waals surface area contributed by atoms with Crippen LogP contribution in [0.2, 0.25) is 0 Å². The highest BCUT2D eigenvalue weighted by molar-refractivity contribution is 5.81. The van der Waals surface area contributed by atoms with Gasteiger partial charge in [0.25, 0.3) is 0 Å². The van der Waals surface area contributed by atoms with E-state index in [1.165, 1.54) is 5.69 Å². The van der Waals surface area contributed by atoms with Crippen molar-refractivity contribution < 1.29 is 4.79 Å². The monoisotopic (exact) mass is 221 g/mol. The predicted molar refractivity (Wildman–Crippen MR) is 66.3 cm³/mol. The Morgan fingerprint density at radius 3 is 2.31 bits per heavy atom. The number of benzene rings is 1. The number of carbonyl (C=O) groups excluding carboxylic acids is 1. The number of primary amides is 1. The number of rotatable bonds is 3. The van der Waals surface area contributed by atoms with Crippen LogP contribution in [0.1, 0.15) is 5.56 Å². The Morgan fingerprint density at radius 2 is 1.88 bits per heavy atom. The number of nitrogens with zero attached hydrogens (tertiary/aromatic N) is 2. The SMILES string of the molecule is C[N+](C)(C)c1ccc(/C=N\NC(N)=O)cc1. The molecule has 2 amide bonds. The zero-order chi connectivity index (χ0) is 12.2. The molecule has 86 valence electrons. The minimum absolute atomic E-state index is 0.667. The maximum atomic E-state index is 10.4. The van der Waals surface area contributed by atoms with Crippen LogP contribution in [0.5, 0.6) is 0 Å². The molecule has 0 radical (unpaired) electrons. The Labute approximate surface area is 95.1 Å². The molecule has 3 N–H and O–H groups in total. The molecule has 5 heteroatoms. The Morgan fingerprint density at radius 1 is 1.31 bits per heavy atom. The maximum absolute atomic E-state index is 10.4. The number of nitrogens with one attached hydrogen (secondary N) is 1. The van der Waals surface area contributed by atoms with Crippen molar-refractivity contribution in [3.8, 4) is 0 Å². The van der Waals surface area contributed by atoms with Gasteiger partial charge in [-0.1, -0.05) is 0 Å². The van der Waals surface area contributed by atoms with Gasteiger partial charge in [0.2, 0.25) is 0 Å². The van der Waals surface area contributed by atoms with E-state index in [9.17, 15) is 4.79 Å². The first-order valence-corrected chi connectivity index (χ1v) is 4.90. The van der Waals surface area contributed by atoms with E-state index in [-0.39, 0.29) is 0 Å². The molecular formula is C11H17N4O+. The molecule has 0 atom stereocenters. The van der Waals surface area contributed by atoms with Gasteiger partial charge in [-0.05, 0) is 29.8 Å². The van der Waals surface area contributed by atoms with Crippen LogP contribution < -0.4 is 15.6 Å². The Balaban J connectivity index is 2.72. The van der Waals surface area contributed by atoms with E-state index in [0.717, 1.165) is 10.0 Å². The second-order valence-electron chi connectivity index (χ2n) is 4.34. The topological polar surface area (TPSA) is 67.5 Å². The van der Waals surface area contributed by atoms with Crippen LogP contribution in [0.25, 0.3) is 0 Å². The molecule has 0 aliphatic carbocycles. The van der Waals surface area contributed by atoms with Gasteiger partial charge in [0, 0.05) is 0 Å². The second-order valence-corrected chi connectivity index (χ2v) is 4.34. The molecule has 0 saturated heterocycles. The standard InChI is InChI=1S/C11H16N4O/c1-15(2,3)10-6-4-9(5-7-10)8-13-14-11(12)16/h4-8H,1-3H3,(H2-,12,14,16)/p+1/b13-8-. The fraction of sp³-hybridized carbons (Fsp3) is 0.273. The third-order valence-corrected chi connectivity index (χ3v) is 2.06. The summed E-state index contributed by atoms with van der Waals surface area (Å²) in [6.45, 7) is 0. The zero-order valence-corrected chi connectivity index (χ0v) is 9.77. The van der Waals surface area contributed by atoms with Gasteiger partial charge < -0.3 is 5.73 Å². The third kappa shape index (κ3) is 3.70. The molecule has 0 bridgehead atoms. The molecule has 0 fully saturated rings. The summed E-state index contributed by atoms with van der Waals surface area (Å²) in [6.07, 6.45) is 1.55. The molecule has 0 aliphatic heterocycles. The minimum atomic E-state index is -0.667. The van der Waals surface area contributed by atoms with E-state index in [0.29, 0.717) is 0 Å². The van der Waals surface area contributed by atoms with Gasteiger partial charge in [-0.15, -0.1) is 0 Å². The molecule has 0 heterocycles. The molecule has 1 aromatic rings. The highest BCUT2D eigenvalue weighted by Crippen LogP contribution is 2.16. The normalized spacial score (nSPS) is 11.7. The van der Waals surface area contributed by atoms with Crippen molar-refractivity contribution in [2.24, 2.45) is 10.8 Å². The molecule has 0 saturated carbocycles. The predicted octanol–water partition coefficient (Wildman–Crippen LogP) is 0.885. The first-order valence-electron chi connectivity index (χ1n) is 4.90. The van der Waals surface area contributed by atoms with Crippen LogP contribution in [0.4, 0.5) is 10.5 Å². The summed E-state index contributed by atoms with van der Waals surface area (Å²) >= 11 is 0. The van der Waals surface area contributed by atoms with Gasteiger partial charge in [0.05, 0.1) is 27.4 Å².